The van der Waals surface area contributed by atoms with Gasteiger partial charge >= 0.3 is 0 Å². The number of fused-ring (bicyclic) bond motifs is 2. The van der Waals surface area contributed by atoms with Crippen LogP contribution in [-0.2, 0) is 9.53 Å². The molecule has 4 heterocycles. The highest BCUT2D eigenvalue weighted by atomic mass is 35.5. The Hall–Kier alpha value is -3.53. The molecule has 0 spiro atoms. The van der Waals surface area contributed by atoms with Gasteiger partial charge in [0.1, 0.15) is 29.6 Å². The van der Waals surface area contributed by atoms with Crippen LogP contribution in [0.15, 0.2) is 54.4 Å². The van der Waals surface area contributed by atoms with E-state index in [0.717, 1.165) is 35.3 Å². The van der Waals surface area contributed by atoms with E-state index in [-0.39, 0.29) is 10.6 Å². The first kappa shape index (κ1) is 22.9. The number of thiophene rings is 1. The van der Waals surface area contributed by atoms with Crippen LogP contribution in [0.25, 0.3) is 32.4 Å². The summed E-state index contributed by atoms with van der Waals surface area (Å²) in [6, 6.07) is 10.5. The number of aromatic nitrogens is 4. The number of morpholine rings is 1. The Morgan fingerprint density at radius 3 is 2.69 bits per heavy atom. The number of hydrogen-bond acceptors (Lipinski definition) is 8. The Kier molecular flexibility index (Phi) is 6.04. The first-order valence-corrected chi connectivity index (χ1v) is 12.6. The molecule has 36 heavy (non-hydrogen) atoms. The van der Waals surface area contributed by atoms with E-state index in [1.807, 2.05) is 29.6 Å². The Morgan fingerprint density at radius 1 is 1.03 bits per heavy atom. The van der Waals surface area contributed by atoms with Gasteiger partial charge in [-0.2, -0.15) is 0 Å². The van der Waals surface area contributed by atoms with E-state index in [0.29, 0.717) is 41.1 Å². The van der Waals surface area contributed by atoms with Crippen molar-refractivity contribution in [1.29, 1.82) is 0 Å². The van der Waals surface area contributed by atoms with Gasteiger partial charge in [-0.15, -0.1) is 11.3 Å². The Bertz CT molecular complexity index is 1600. The molecule has 0 aliphatic carbocycles. The smallest absolute Gasteiger partial charge is 0.134 e. The molecule has 10 heteroatoms. The van der Waals surface area contributed by atoms with Crippen molar-refractivity contribution in [2.75, 3.05) is 31.2 Å². The maximum Gasteiger partial charge on any atom is 0.134 e. The van der Waals surface area contributed by atoms with E-state index in [1.165, 1.54) is 30.1 Å². The predicted octanol–water partition coefficient (Wildman–Crippen LogP) is 5.26. The largest absolute Gasteiger partial charge is 0.378 e. The third kappa shape index (κ3) is 3.99. The number of halogens is 2. The van der Waals surface area contributed by atoms with Crippen LogP contribution in [0, 0.1) is 5.82 Å². The highest BCUT2D eigenvalue weighted by Gasteiger charge is 2.24. The number of ether oxygens (including phenoxy) is 1. The zero-order chi connectivity index (χ0) is 24.6. The fourth-order valence-corrected chi connectivity index (χ4v) is 5.61. The number of nitrogens with zero attached hydrogens (tertiary/aromatic N) is 5. The molecule has 1 fully saturated rings. The van der Waals surface area contributed by atoms with E-state index in [1.54, 1.807) is 6.07 Å². The average Bonchev–Trinajstić information content (AvgIpc) is 3.40. The molecule has 5 aromatic rings. The summed E-state index contributed by atoms with van der Waals surface area (Å²) in [5.41, 5.74) is 3.37. The minimum atomic E-state index is -0.794. The van der Waals surface area contributed by atoms with E-state index in [9.17, 15) is 4.79 Å². The van der Waals surface area contributed by atoms with Crippen molar-refractivity contribution in [2.24, 2.45) is 0 Å². The summed E-state index contributed by atoms with van der Waals surface area (Å²) in [5.74, 6) is -1.33. The molecule has 1 unspecified atom stereocenters. The summed E-state index contributed by atoms with van der Waals surface area (Å²) in [7, 11) is 0. The molecule has 1 atom stereocenters. The number of aldehydes is 1. The molecule has 180 valence electrons. The molecule has 3 aromatic heterocycles. The summed E-state index contributed by atoms with van der Waals surface area (Å²) in [5, 5.41) is 3.50. The van der Waals surface area contributed by atoms with Crippen LogP contribution in [0.2, 0.25) is 5.02 Å². The molecule has 0 radical (unpaired) electrons. The minimum absolute atomic E-state index is 0.142. The third-order valence-corrected chi connectivity index (χ3v) is 7.54. The van der Waals surface area contributed by atoms with Crippen molar-refractivity contribution in [3.63, 3.8) is 0 Å². The van der Waals surface area contributed by atoms with Gasteiger partial charge in [-0.1, -0.05) is 11.6 Å². The molecular weight excluding hydrogens is 501 g/mol. The number of anilines is 1. The van der Waals surface area contributed by atoms with Crippen LogP contribution >= 0.6 is 22.9 Å². The van der Waals surface area contributed by atoms with Crippen LogP contribution < -0.4 is 4.90 Å². The lowest BCUT2D eigenvalue weighted by atomic mass is 9.92. The number of carbonyl (C=O) groups is 1. The molecule has 1 aliphatic rings. The second kappa shape index (κ2) is 9.50. The number of hydrogen-bond donors (Lipinski definition) is 0. The molecule has 0 N–H and O–H groups in total. The summed E-state index contributed by atoms with van der Waals surface area (Å²) in [6.45, 7) is 2.94. The standard InChI is InChI=1S/C26H19ClFN5O2S/c27-21-11-22(28)19(10-18(21)20(12-34)25-17-3-8-36-26(17)32-14-31-25)24-16-2-1-15(9-23(16)29-13-30-24)33-4-6-35-7-5-33/h1-3,8-14,20H,4-7H2. The van der Waals surface area contributed by atoms with Gasteiger partial charge in [-0.3, -0.25) is 0 Å². The fourth-order valence-electron chi connectivity index (χ4n) is 4.61. The summed E-state index contributed by atoms with van der Waals surface area (Å²) in [4.78, 5) is 32.8. The van der Waals surface area contributed by atoms with Crippen molar-refractivity contribution >= 4 is 56.0 Å². The lowest BCUT2D eigenvalue weighted by Gasteiger charge is -2.29. The van der Waals surface area contributed by atoms with Crippen LogP contribution in [0.1, 0.15) is 17.2 Å². The molecule has 1 aliphatic heterocycles. The Balaban J connectivity index is 1.47. The van der Waals surface area contributed by atoms with Crippen molar-refractivity contribution < 1.29 is 13.9 Å². The van der Waals surface area contributed by atoms with Gasteiger partial charge in [0.25, 0.3) is 0 Å². The maximum absolute atomic E-state index is 15.3. The maximum atomic E-state index is 15.3. The first-order chi connectivity index (χ1) is 17.6. The van der Waals surface area contributed by atoms with E-state index in [4.69, 9.17) is 16.3 Å². The van der Waals surface area contributed by atoms with Crippen LogP contribution in [0.4, 0.5) is 10.1 Å². The van der Waals surface area contributed by atoms with Crippen LogP contribution in [0.5, 0.6) is 0 Å². The molecule has 0 saturated carbocycles. The monoisotopic (exact) mass is 519 g/mol. The summed E-state index contributed by atoms with van der Waals surface area (Å²) < 4.78 is 20.8. The average molecular weight is 520 g/mol. The second-order valence-corrected chi connectivity index (χ2v) is 9.69. The summed E-state index contributed by atoms with van der Waals surface area (Å²) in [6.07, 6.45) is 3.62. The van der Waals surface area contributed by atoms with E-state index in [2.05, 4.69) is 24.8 Å². The van der Waals surface area contributed by atoms with Crippen molar-refractivity contribution in [3.05, 3.63) is 76.5 Å². The van der Waals surface area contributed by atoms with Gasteiger partial charge in [-0.05, 0) is 47.3 Å². The molecule has 1 saturated heterocycles. The van der Waals surface area contributed by atoms with Crippen molar-refractivity contribution in [2.45, 2.75) is 5.92 Å². The topological polar surface area (TPSA) is 81.1 Å². The lowest BCUT2D eigenvalue weighted by molar-refractivity contribution is -0.108. The highest BCUT2D eigenvalue weighted by Crippen LogP contribution is 2.38. The molecule has 0 bridgehead atoms. The van der Waals surface area contributed by atoms with Crippen LogP contribution in [0.3, 0.4) is 0 Å². The highest BCUT2D eigenvalue weighted by molar-refractivity contribution is 7.16. The first-order valence-electron chi connectivity index (χ1n) is 11.3. The predicted molar refractivity (Wildman–Crippen MR) is 138 cm³/mol. The SMILES string of the molecule is O=CC(c1cc(-c2ncnc3cc(N4CCOCC4)ccc23)c(F)cc1Cl)c1ncnc2sccc12. The van der Waals surface area contributed by atoms with Gasteiger partial charge < -0.3 is 14.4 Å². The zero-order valence-corrected chi connectivity index (χ0v) is 20.5. The molecule has 6 rings (SSSR count). The van der Waals surface area contributed by atoms with Gasteiger partial charge in [0.2, 0.25) is 0 Å². The zero-order valence-electron chi connectivity index (χ0n) is 18.9. The van der Waals surface area contributed by atoms with E-state index < -0.39 is 11.7 Å². The quantitative estimate of drug-likeness (QED) is 0.293. The van der Waals surface area contributed by atoms with Gasteiger partial charge in [0.15, 0.2) is 0 Å². The molecular formula is C26H19ClFN5O2S. The fraction of sp³-hybridized carbons (Fsp3) is 0.192. The molecule has 7 nitrogen and oxygen atoms in total. The van der Waals surface area contributed by atoms with Crippen molar-refractivity contribution in [3.8, 4) is 11.3 Å². The van der Waals surface area contributed by atoms with Gasteiger partial charge in [0.05, 0.1) is 36.0 Å². The third-order valence-electron chi connectivity index (χ3n) is 6.40. The second-order valence-electron chi connectivity index (χ2n) is 8.39. The van der Waals surface area contributed by atoms with Crippen molar-refractivity contribution in [1.82, 2.24) is 19.9 Å². The van der Waals surface area contributed by atoms with Crippen LogP contribution in [-0.4, -0.2) is 52.5 Å². The normalized spacial score (nSPS) is 14.9. The minimum Gasteiger partial charge on any atom is -0.378 e. The Morgan fingerprint density at radius 2 is 1.86 bits per heavy atom. The number of benzene rings is 2. The van der Waals surface area contributed by atoms with E-state index >= 15 is 4.39 Å². The molecule has 0 amide bonds. The lowest BCUT2D eigenvalue weighted by Crippen LogP contribution is -2.36. The number of carbonyl (C=O) groups excluding carboxylic acids is 1. The molecule has 2 aromatic carbocycles. The number of rotatable bonds is 5. The Labute approximate surface area is 214 Å². The van der Waals surface area contributed by atoms with Gasteiger partial charge in [-0.25, -0.2) is 24.3 Å². The van der Waals surface area contributed by atoms with Gasteiger partial charge in [0, 0.05) is 40.1 Å². The summed E-state index contributed by atoms with van der Waals surface area (Å²) >= 11 is 7.93.